The number of benzene rings is 1. The number of aromatic nitrogens is 2. The Bertz CT molecular complexity index is 881. The van der Waals surface area contributed by atoms with Gasteiger partial charge in [-0.3, -0.25) is 9.59 Å². The highest BCUT2D eigenvalue weighted by Gasteiger charge is 2.26. The molecule has 2 aromatic rings. The molecule has 1 aromatic carbocycles. The number of hydrogen-bond acceptors (Lipinski definition) is 4. The van der Waals surface area contributed by atoms with Crippen LogP contribution in [0.4, 0.5) is 5.82 Å². The summed E-state index contributed by atoms with van der Waals surface area (Å²) in [4.78, 5) is 34.5. The standard InChI is InChI=1S/C21H28N4O2/c1-2-23(15-16-9-10-16)19(26)11-14-25-18-8-4-3-7-17(18)22-20(21(25)27)24-12-5-6-13-24/h3-4,7-8,16H,2,5-6,9-15H2,1H3. The van der Waals surface area contributed by atoms with Crippen LogP contribution in [0.5, 0.6) is 0 Å². The van der Waals surface area contributed by atoms with Crippen LogP contribution in [0.2, 0.25) is 0 Å². The highest BCUT2D eigenvalue weighted by molar-refractivity contribution is 5.78. The van der Waals surface area contributed by atoms with Crippen LogP contribution in [-0.4, -0.2) is 46.5 Å². The molecule has 0 atom stereocenters. The van der Waals surface area contributed by atoms with Gasteiger partial charge in [-0.15, -0.1) is 0 Å². The molecule has 0 unspecified atom stereocenters. The predicted molar refractivity (Wildman–Crippen MR) is 107 cm³/mol. The van der Waals surface area contributed by atoms with Crippen molar-refractivity contribution in [1.82, 2.24) is 14.5 Å². The van der Waals surface area contributed by atoms with Crippen LogP contribution in [0, 0.1) is 5.92 Å². The minimum absolute atomic E-state index is 0.0753. The first kappa shape index (κ1) is 18.0. The van der Waals surface area contributed by atoms with Crippen molar-refractivity contribution in [3.05, 3.63) is 34.6 Å². The maximum Gasteiger partial charge on any atom is 0.294 e. The second-order valence-electron chi connectivity index (χ2n) is 7.70. The molecule has 1 aliphatic carbocycles. The summed E-state index contributed by atoms with van der Waals surface area (Å²) < 4.78 is 1.75. The first-order valence-electron chi connectivity index (χ1n) is 10.2. The number of anilines is 1. The molecule has 1 amide bonds. The first-order valence-corrected chi connectivity index (χ1v) is 10.2. The molecule has 0 radical (unpaired) electrons. The molecule has 2 heterocycles. The number of amides is 1. The molecule has 0 spiro atoms. The molecule has 1 aromatic heterocycles. The molecule has 4 rings (SSSR count). The minimum Gasteiger partial charge on any atom is -0.352 e. The first-order chi connectivity index (χ1) is 13.2. The molecule has 1 aliphatic heterocycles. The number of fused-ring (bicyclic) bond motifs is 1. The van der Waals surface area contributed by atoms with Crippen molar-refractivity contribution in [2.75, 3.05) is 31.1 Å². The molecule has 1 saturated carbocycles. The largest absolute Gasteiger partial charge is 0.352 e. The average molecular weight is 368 g/mol. The van der Waals surface area contributed by atoms with E-state index in [-0.39, 0.29) is 11.5 Å². The van der Waals surface area contributed by atoms with Crippen molar-refractivity contribution in [3.8, 4) is 0 Å². The summed E-state index contributed by atoms with van der Waals surface area (Å²) in [6.07, 6.45) is 5.01. The maximum atomic E-state index is 13.1. The van der Waals surface area contributed by atoms with Crippen molar-refractivity contribution < 1.29 is 4.79 Å². The Morgan fingerprint density at radius 1 is 1.22 bits per heavy atom. The highest BCUT2D eigenvalue weighted by Crippen LogP contribution is 2.29. The third-order valence-corrected chi connectivity index (χ3v) is 5.70. The van der Waals surface area contributed by atoms with Gasteiger partial charge >= 0.3 is 0 Å². The Hall–Kier alpha value is -2.37. The fourth-order valence-electron chi connectivity index (χ4n) is 3.92. The number of carbonyl (C=O) groups is 1. The SMILES string of the molecule is CCN(CC1CC1)C(=O)CCn1c(=O)c(N2CCCC2)nc2ccccc21. The number of hydrogen-bond donors (Lipinski definition) is 0. The summed E-state index contributed by atoms with van der Waals surface area (Å²) in [6, 6.07) is 7.72. The second kappa shape index (κ2) is 7.71. The third-order valence-electron chi connectivity index (χ3n) is 5.70. The van der Waals surface area contributed by atoms with Crippen molar-refractivity contribution >= 4 is 22.8 Å². The van der Waals surface area contributed by atoms with Crippen molar-refractivity contribution in [3.63, 3.8) is 0 Å². The lowest BCUT2D eigenvalue weighted by Gasteiger charge is -2.22. The number of carbonyl (C=O) groups excluding carboxylic acids is 1. The molecule has 6 heteroatoms. The normalized spacial score (nSPS) is 16.9. The van der Waals surface area contributed by atoms with Crippen LogP contribution in [0.3, 0.4) is 0 Å². The third kappa shape index (κ3) is 3.84. The lowest BCUT2D eigenvalue weighted by molar-refractivity contribution is -0.131. The molecule has 0 N–H and O–H groups in total. The van der Waals surface area contributed by atoms with E-state index in [9.17, 15) is 9.59 Å². The average Bonchev–Trinajstić information content (AvgIpc) is 3.34. The van der Waals surface area contributed by atoms with Gasteiger partial charge in [-0.05, 0) is 50.7 Å². The number of rotatable bonds is 7. The molecule has 2 fully saturated rings. The van der Waals surface area contributed by atoms with Crippen molar-refractivity contribution in [2.45, 2.75) is 45.6 Å². The summed E-state index contributed by atoms with van der Waals surface area (Å²) in [5.74, 6) is 1.35. The quantitative estimate of drug-likeness (QED) is 0.754. The number of para-hydroxylation sites is 2. The van der Waals surface area contributed by atoms with Crippen LogP contribution in [0.25, 0.3) is 11.0 Å². The Balaban J connectivity index is 1.60. The zero-order valence-electron chi connectivity index (χ0n) is 16.1. The van der Waals surface area contributed by atoms with Gasteiger partial charge in [0.1, 0.15) is 0 Å². The molecule has 27 heavy (non-hydrogen) atoms. The number of aryl methyl sites for hydroxylation is 1. The minimum atomic E-state index is -0.0753. The van der Waals surface area contributed by atoms with Crippen LogP contribution >= 0.6 is 0 Å². The number of nitrogens with zero attached hydrogens (tertiary/aromatic N) is 4. The molecule has 144 valence electrons. The monoisotopic (exact) mass is 368 g/mol. The summed E-state index contributed by atoms with van der Waals surface area (Å²) >= 11 is 0. The van der Waals surface area contributed by atoms with E-state index in [1.807, 2.05) is 36.1 Å². The van der Waals surface area contributed by atoms with Gasteiger partial charge in [0.25, 0.3) is 5.56 Å². The van der Waals surface area contributed by atoms with Gasteiger partial charge in [-0.25, -0.2) is 4.98 Å². The zero-order valence-corrected chi connectivity index (χ0v) is 16.1. The molecule has 6 nitrogen and oxygen atoms in total. The van der Waals surface area contributed by atoms with Crippen LogP contribution < -0.4 is 10.5 Å². The molecule has 0 bridgehead atoms. The van der Waals surface area contributed by atoms with E-state index in [0.29, 0.717) is 24.7 Å². The Morgan fingerprint density at radius 2 is 1.96 bits per heavy atom. The molecule has 1 saturated heterocycles. The van der Waals surface area contributed by atoms with E-state index in [1.165, 1.54) is 12.8 Å². The van der Waals surface area contributed by atoms with Crippen LogP contribution in [0.1, 0.15) is 39.0 Å². The van der Waals surface area contributed by atoms with Crippen LogP contribution in [-0.2, 0) is 11.3 Å². The molecular weight excluding hydrogens is 340 g/mol. The van der Waals surface area contributed by atoms with Crippen molar-refractivity contribution in [1.29, 1.82) is 0 Å². The van der Waals surface area contributed by atoms with Crippen LogP contribution in [0.15, 0.2) is 29.1 Å². The lowest BCUT2D eigenvalue weighted by Crippen LogP contribution is -2.35. The summed E-state index contributed by atoms with van der Waals surface area (Å²) in [7, 11) is 0. The van der Waals surface area contributed by atoms with E-state index in [4.69, 9.17) is 0 Å². The van der Waals surface area contributed by atoms with Gasteiger partial charge in [-0.1, -0.05) is 12.1 Å². The summed E-state index contributed by atoms with van der Waals surface area (Å²) in [5.41, 5.74) is 1.55. The summed E-state index contributed by atoms with van der Waals surface area (Å²) in [5, 5.41) is 0. The Kier molecular flexibility index (Phi) is 5.14. The van der Waals surface area contributed by atoms with E-state index >= 15 is 0 Å². The Morgan fingerprint density at radius 3 is 2.67 bits per heavy atom. The van der Waals surface area contributed by atoms with E-state index in [1.54, 1.807) is 4.57 Å². The fourth-order valence-corrected chi connectivity index (χ4v) is 3.92. The topological polar surface area (TPSA) is 58.4 Å². The zero-order chi connectivity index (χ0) is 18.8. The van der Waals surface area contributed by atoms with E-state index in [0.717, 1.165) is 50.1 Å². The predicted octanol–water partition coefficient (Wildman–Crippen LogP) is 2.65. The molecular formula is C21H28N4O2. The van der Waals surface area contributed by atoms with E-state index < -0.39 is 0 Å². The van der Waals surface area contributed by atoms with Gasteiger partial charge in [-0.2, -0.15) is 0 Å². The molecule has 2 aliphatic rings. The smallest absolute Gasteiger partial charge is 0.294 e. The van der Waals surface area contributed by atoms with E-state index in [2.05, 4.69) is 9.88 Å². The van der Waals surface area contributed by atoms with Gasteiger partial charge < -0.3 is 14.4 Å². The Labute approximate surface area is 159 Å². The van der Waals surface area contributed by atoms with Gasteiger partial charge in [0.2, 0.25) is 5.91 Å². The lowest BCUT2D eigenvalue weighted by atomic mass is 10.2. The van der Waals surface area contributed by atoms with Crippen molar-refractivity contribution in [2.24, 2.45) is 5.92 Å². The van der Waals surface area contributed by atoms with Gasteiger partial charge in [0, 0.05) is 39.1 Å². The maximum absolute atomic E-state index is 13.1. The van der Waals surface area contributed by atoms with Gasteiger partial charge in [0.05, 0.1) is 11.0 Å². The van der Waals surface area contributed by atoms with Gasteiger partial charge in [0.15, 0.2) is 5.82 Å². The summed E-state index contributed by atoms with van der Waals surface area (Å²) in [6.45, 7) is 5.79. The fraction of sp³-hybridized carbons (Fsp3) is 0.571. The highest BCUT2D eigenvalue weighted by atomic mass is 16.2. The second-order valence-corrected chi connectivity index (χ2v) is 7.70.